The Morgan fingerprint density at radius 2 is 1.78 bits per heavy atom. The van der Waals surface area contributed by atoms with Crippen LogP contribution in [0.25, 0.3) is 0 Å². The van der Waals surface area contributed by atoms with Gasteiger partial charge in [-0.2, -0.15) is 0 Å². The quantitative estimate of drug-likeness (QED) is 0.813. The lowest BCUT2D eigenvalue weighted by Crippen LogP contribution is -2.37. The van der Waals surface area contributed by atoms with Crippen LogP contribution in [0.1, 0.15) is 32.1 Å². The molecule has 1 fully saturated rings. The van der Waals surface area contributed by atoms with E-state index in [1.54, 1.807) is 24.3 Å². The van der Waals surface area contributed by atoms with Crippen molar-refractivity contribution in [3.8, 4) is 0 Å². The molecule has 23 heavy (non-hydrogen) atoms. The van der Waals surface area contributed by atoms with Crippen molar-refractivity contribution in [3.63, 3.8) is 0 Å². The number of benzene rings is 1. The first-order valence-electron chi connectivity index (χ1n) is 7.89. The molecule has 5 nitrogen and oxygen atoms in total. The first-order chi connectivity index (χ1) is 10.9. The number of carbonyl (C=O) groups excluding carboxylic acids is 1. The van der Waals surface area contributed by atoms with Crippen LogP contribution in [0.5, 0.6) is 0 Å². The molecule has 1 aliphatic heterocycles. The van der Waals surface area contributed by atoms with Gasteiger partial charge in [0.2, 0.25) is 15.9 Å². The van der Waals surface area contributed by atoms with Gasteiger partial charge in [-0.3, -0.25) is 9.10 Å². The fourth-order valence-electron chi connectivity index (χ4n) is 2.79. The predicted molar refractivity (Wildman–Crippen MR) is 93.3 cm³/mol. The number of halogens is 1. The number of sulfonamides is 1. The van der Waals surface area contributed by atoms with E-state index in [-0.39, 0.29) is 18.9 Å². The number of nitrogens with zero attached hydrogens (tertiary/aromatic N) is 2. The van der Waals surface area contributed by atoms with Crippen molar-refractivity contribution in [3.05, 3.63) is 29.3 Å². The summed E-state index contributed by atoms with van der Waals surface area (Å²) in [6, 6.07) is 6.77. The van der Waals surface area contributed by atoms with Crippen molar-refractivity contribution in [2.75, 3.05) is 30.2 Å². The van der Waals surface area contributed by atoms with Gasteiger partial charge in [-0.15, -0.1) is 0 Å². The molecule has 128 valence electrons. The molecule has 1 aromatic carbocycles. The van der Waals surface area contributed by atoms with Crippen LogP contribution in [0.3, 0.4) is 0 Å². The van der Waals surface area contributed by atoms with Crippen LogP contribution < -0.4 is 4.31 Å². The number of para-hydroxylation sites is 1. The van der Waals surface area contributed by atoms with Crippen LogP contribution in [0.15, 0.2) is 24.3 Å². The van der Waals surface area contributed by atoms with Crippen molar-refractivity contribution >= 4 is 33.2 Å². The lowest BCUT2D eigenvalue weighted by Gasteiger charge is -2.25. The summed E-state index contributed by atoms with van der Waals surface area (Å²) in [5.74, 6) is 0.00704. The maximum atomic E-state index is 12.4. The van der Waals surface area contributed by atoms with E-state index in [0.717, 1.165) is 45.0 Å². The molecule has 1 aliphatic rings. The monoisotopic (exact) mass is 358 g/mol. The Kier molecular flexibility index (Phi) is 6.30. The third kappa shape index (κ3) is 5.11. The normalized spacial score (nSPS) is 16.0. The molecular formula is C16H23ClN2O3S. The van der Waals surface area contributed by atoms with E-state index >= 15 is 0 Å². The molecule has 0 radical (unpaired) electrons. The molecule has 1 aromatic rings. The maximum Gasteiger partial charge on any atom is 0.232 e. The highest BCUT2D eigenvalue weighted by Crippen LogP contribution is 2.27. The molecule has 0 atom stereocenters. The molecule has 0 unspecified atom stereocenters. The molecule has 0 saturated carbocycles. The summed E-state index contributed by atoms with van der Waals surface area (Å²) in [5.41, 5.74) is 0.417. The minimum absolute atomic E-state index is 0.00704. The summed E-state index contributed by atoms with van der Waals surface area (Å²) in [4.78, 5) is 14.2. The molecule has 1 saturated heterocycles. The molecule has 0 aliphatic carbocycles. The SMILES string of the molecule is CS(=O)(=O)N(CCC(=O)N1CCCCCC1)c1ccccc1Cl. The Hall–Kier alpha value is -1.27. The lowest BCUT2D eigenvalue weighted by molar-refractivity contribution is -0.130. The van der Waals surface area contributed by atoms with Gasteiger partial charge in [-0.05, 0) is 25.0 Å². The highest BCUT2D eigenvalue weighted by molar-refractivity contribution is 7.92. The summed E-state index contributed by atoms with van der Waals surface area (Å²) >= 11 is 6.11. The van der Waals surface area contributed by atoms with Gasteiger partial charge in [0.15, 0.2) is 0 Å². The zero-order valence-electron chi connectivity index (χ0n) is 13.4. The van der Waals surface area contributed by atoms with Crippen LogP contribution in [-0.4, -0.2) is 45.1 Å². The van der Waals surface area contributed by atoms with Crippen molar-refractivity contribution in [2.24, 2.45) is 0 Å². The van der Waals surface area contributed by atoms with Crippen molar-refractivity contribution in [2.45, 2.75) is 32.1 Å². The first-order valence-corrected chi connectivity index (χ1v) is 10.1. The van der Waals surface area contributed by atoms with Gasteiger partial charge in [0.1, 0.15) is 0 Å². The number of rotatable bonds is 5. The minimum Gasteiger partial charge on any atom is -0.343 e. The van der Waals surface area contributed by atoms with Gasteiger partial charge >= 0.3 is 0 Å². The van der Waals surface area contributed by atoms with E-state index in [0.29, 0.717) is 10.7 Å². The van der Waals surface area contributed by atoms with E-state index in [1.807, 2.05) is 4.90 Å². The van der Waals surface area contributed by atoms with Crippen LogP contribution in [-0.2, 0) is 14.8 Å². The van der Waals surface area contributed by atoms with Gasteiger partial charge < -0.3 is 4.90 Å². The second-order valence-corrected chi connectivity index (χ2v) is 8.15. The fourth-order valence-corrected chi connectivity index (χ4v) is 4.02. The van der Waals surface area contributed by atoms with Gasteiger partial charge in [0.05, 0.1) is 17.0 Å². The number of carbonyl (C=O) groups is 1. The third-order valence-corrected chi connectivity index (χ3v) is 5.51. The molecule has 0 spiro atoms. The summed E-state index contributed by atoms with van der Waals surface area (Å²) in [6.45, 7) is 1.64. The summed E-state index contributed by atoms with van der Waals surface area (Å²) in [7, 11) is -3.50. The first kappa shape index (κ1) is 18.1. The number of amides is 1. The third-order valence-electron chi connectivity index (χ3n) is 4.01. The highest BCUT2D eigenvalue weighted by atomic mass is 35.5. The van der Waals surface area contributed by atoms with E-state index in [2.05, 4.69) is 0 Å². The van der Waals surface area contributed by atoms with E-state index < -0.39 is 10.0 Å². The number of anilines is 1. The van der Waals surface area contributed by atoms with E-state index in [9.17, 15) is 13.2 Å². The van der Waals surface area contributed by atoms with Crippen LogP contribution in [0.2, 0.25) is 5.02 Å². The molecule has 1 heterocycles. The summed E-state index contributed by atoms with van der Waals surface area (Å²) in [6.07, 6.45) is 5.64. The van der Waals surface area contributed by atoms with Crippen LogP contribution >= 0.6 is 11.6 Å². The highest BCUT2D eigenvalue weighted by Gasteiger charge is 2.22. The second kappa shape index (κ2) is 8.02. The van der Waals surface area contributed by atoms with Crippen molar-refractivity contribution in [1.29, 1.82) is 0 Å². The topological polar surface area (TPSA) is 57.7 Å². The van der Waals surface area contributed by atoms with Gasteiger partial charge in [0, 0.05) is 26.1 Å². The zero-order chi connectivity index (χ0) is 16.9. The number of hydrogen-bond donors (Lipinski definition) is 0. The summed E-state index contributed by atoms with van der Waals surface area (Å²) in [5, 5.41) is 0.361. The summed E-state index contributed by atoms with van der Waals surface area (Å²) < 4.78 is 25.4. The maximum absolute atomic E-state index is 12.4. The predicted octanol–water partition coefficient (Wildman–Crippen LogP) is 2.90. The smallest absolute Gasteiger partial charge is 0.232 e. The molecule has 0 bridgehead atoms. The van der Waals surface area contributed by atoms with E-state index in [4.69, 9.17) is 11.6 Å². The molecule has 0 N–H and O–H groups in total. The van der Waals surface area contributed by atoms with Gasteiger partial charge in [-0.1, -0.05) is 36.6 Å². The average Bonchev–Trinajstić information content (AvgIpc) is 2.77. The fraction of sp³-hybridized carbons (Fsp3) is 0.562. The van der Waals surface area contributed by atoms with Gasteiger partial charge in [0.25, 0.3) is 0 Å². The minimum atomic E-state index is -3.50. The Bertz CT molecular complexity index is 640. The Balaban J connectivity index is 2.07. The molecule has 2 rings (SSSR count). The molecule has 0 aromatic heterocycles. The zero-order valence-corrected chi connectivity index (χ0v) is 14.9. The Labute approximate surface area is 143 Å². The number of likely N-dealkylation sites (tertiary alicyclic amines) is 1. The Morgan fingerprint density at radius 3 is 2.35 bits per heavy atom. The molecular weight excluding hydrogens is 336 g/mol. The standard InChI is InChI=1S/C16H23ClN2O3S/c1-23(21,22)19(15-9-5-4-8-14(15)17)13-10-16(20)18-11-6-2-3-7-12-18/h4-5,8-9H,2-3,6-7,10-13H2,1H3. The average molecular weight is 359 g/mol. The Morgan fingerprint density at radius 1 is 1.17 bits per heavy atom. The largest absolute Gasteiger partial charge is 0.343 e. The lowest BCUT2D eigenvalue weighted by atomic mass is 10.2. The van der Waals surface area contributed by atoms with E-state index in [1.165, 1.54) is 4.31 Å². The van der Waals surface area contributed by atoms with Crippen LogP contribution in [0, 0.1) is 0 Å². The second-order valence-electron chi connectivity index (χ2n) is 5.83. The van der Waals surface area contributed by atoms with Crippen molar-refractivity contribution in [1.82, 2.24) is 4.90 Å². The molecule has 1 amide bonds. The molecule has 7 heteroatoms. The van der Waals surface area contributed by atoms with Crippen LogP contribution in [0.4, 0.5) is 5.69 Å². The number of hydrogen-bond acceptors (Lipinski definition) is 3. The van der Waals surface area contributed by atoms with Crippen molar-refractivity contribution < 1.29 is 13.2 Å². The van der Waals surface area contributed by atoms with Gasteiger partial charge in [-0.25, -0.2) is 8.42 Å².